The lowest BCUT2D eigenvalue weighted by molar-refractivity contribution is 0.279. The third-order valence-corrected chi connectivity index (χ3v) is 2.71. The lowest BCUT2D eigenvalue weighted by atomic mass is 10.00. The molecule has 1 N–H and O–H groups in total. The van der Waals surface area contributed by atoms with E-state index >= 15 is 0 Å². The first-order chi connectivity index (χ1) is 6.95. The highest BCUT2D eigenvalue weighted by atomic mass is 16.5. The van der Waals surface area contributed by atoms with Crippen LogP contribution in [0.25, 0.3) is 11.8 Å². The SMILES string of the molecule is C1=CC2NC=c3ccccc3=C2CO1. The molecule has 0 fully saturated rings. The molecule has 70 valence electrons. The minimum absolute atomic E-state index is 0.318. The van der Waals surface area contributed by atoms with Crippen molar-refractivity contribution in [3.05, 3.63) is 47.0 Å². The second-order valence-corrected chi connectivity index (χ2v) is 3.54. The van der Waals surface area contributed by atoms with Crippen LogP contribution in [-0.2, 0) is 4.74 Å². The molecule has 3 rings (SSSR count). The van der Waals surface area contributed by atoms with Gasteiger partial charge < -0.3 is 10.1 Å². The molecule has 2 aliphatic heterocycles. The Labute approximate surface area is 82.2 Å². The highest BCUT2D eigenvalue weighted by molar-refractivity contribution is 5.60. The molecule has 1 aromatic carbocycles. The monoisotopic (exact) mass is 185 g/mol. The maximum Gasteiger partial charge on any atom is 0.112 e. The molecule has 1 aromatic rings. The van der Waals surface area contributed by atoms with Crippen molar-refractivity contribution in [1.82, 2.24) is 5.32 Å². The first-order valence-corrected chi connectivity index (χ1v) is 4.78. The number of rotatable bonds is 0. The Hall–Kier alpha value is -1.70. The van der Waals surface area contributed by atoms with Crippen molar-refractivity contribution in [3.8, 4) is 0 Å². The van der Waals surface area contributed by atoms with Gasteiger partial charge in [0.15, 0.2) is 0 Å². The fourth-order valence-corrected chi connectivity index (χ4v) is 1.97. The van der Waals surface area contributed by atoms with Gasteiger partial charge in [-0.2, -0.15) is 0 Å². The summed E-state index contributed by atoms with van der Waals surface area (Å²) in [4.78, 5) is 0. The van der Waals surface area contributed by atoms with E-state index in [0.717, 1.165) is 0 Å². The van der Waals surface area contributed by atoms with Crippen molar-refractivity contribution < 1.29 is 4.74 Å². The van der Waals surface area contributed by atoms with Crippen LogP contribution in [0.4, 0.5) is 0 Å². The number of hydrogen-bond donors (Lipinski definition) is 1. The lowest BCUT2D eigenvalue weighted by Crippen LogP contribution is -2.43. The Morgan fingerprint density at radius 2 is 2.21 bits per heavy atom. The van der Waals surface area contributed by atoms with Gasteiger partial charge in [0, 0.05) is 11.8 Å². The van der Waals surface area contributed by atoms with E-state index in [4.69, 9.17) is 4.74 Å². The molecule has 0 aliphatic carbocycles. The molecule has 2 aliphatic rings. The topological polar surface area (TPSA) is 21.3 Å². The second kappa shape index (κ2) is 2.91. The minimum Gasteiger partial charge on any atom is -0.497 e. The fraction of sp³-hybridized carbons (Fsp3) is 0.167. The molecule has 2 nitrogen and oxygen atoms in total. The van der Waals surface area contributed by atoms with E-state index in [0.29, 0.717) is 12.6 Å². The molecule has 1 atom stereocenters. The summed E-state index contributed by atoms with van der Waals surface area (Å²) in [6.07, 6.45) is 5.88. The van der Waals surface area contributed by atoms with Gasteiger partial charge in [-0.1, -0.05) is 24.3 Å². The Kier molecular flexibility index (Phi) is 1.60. The average molecular weight is 185 g/mol. The molecule has 2 heterocycles. The smallest absolute Gasteiger partial charge is 0.112 e. The van der Waals surface area contributed by atoms with Gasteiger partial charge >= 0.3 is 0 Å². The molecule has 0 saturated carbocycles. The molecule has 14 heavy (non-hydrogen) atoms. The Bertz CT molecular complexity index is 501. The summed E-state index contributed by atoms with van der Waals surface area (Å²) < 4.78 is 5.32. The van der Waals surface area contributed by atoms with Crippen LogP contribution >= 0.6 is 0 Å². The van der Waals surface area contributed by atoms with Crippen LogP contribution in [0, 0.1) is 0 Å². The van der Waals surface area contributed by atoms with E-state index in [1.165, 1.54) is 16.0 Å². The van der Waals surface area contributed by atoms with Gasteiger partial charge in [0.1, 0.15) is 6.61 Å². The van der Waals surface area contributed by atoms with Crippen molar-refractivity contribution in [3.63, 3.8) is 0 Å². The van der Waals surface area contributed by atoms with E-state index in [-0.39, 0.29) is 0 Å². The predicted molar refractivity (Wildman–Crippen MR) is 55.6 cm³/mol. The van der Waals surface area contributed by atoms with Crippen LogP contribution in [0.3, 0.4) is 0 Å². The zero-order chi connectivity index (χ0) is 9.38. The summed E-state index contributed by atoms with van der Waals surface area (Å²) in [6, 6.07) is 8.71. The molecule has 0 spiro atoms. The zero-order valence-corrected chi connectivity index (χ0v) is 7.73. The Morgan fingerprint density at radius 3 is 3.21 bits per heavy atom. The molecule has 2 heteroatoms. The first-order valence-electron chi connectivity index (χ1n) is 4.78. The molecule has 0 radical (unpaired) electrons. The number of hydrogen-bond acceptors (Lipinski definition) is 2. The van der Waals surface area contributed by atoms with Crippen LogP contribution in [0.2, 0.25) is 0 Å². The normalized spacial score (nSPS) is 22.6. The molecule has 1 unspecified atom stereocenters. The maximum atomic E-state index is 5.32. The van der Waals surface area contributed by atoms with Gasteiger partial charge in [-0.05, 0) is 16.5 Å². The molecule has 0 amide bonds. The lowest BCUT2D eigenvalue weighted by Gasteiger charge is -2.24. The summed E-state index contributed by atoms with van der Waals surface area (Å²) in [7, 11) is 0. The standard InChI is InChI=1S/C12H11NO/c1-2-4-10-9(3-1)7-13-12-5-6-14-8-11(10)12/h1-7,12-13H,8H2. The summed E-state index contributed by atoms with van der Waals surface area (Å²) in [6.45, 7) is 0.693. The molecule has 0 saturated heterocycles. The van der Waals surface area contributed by atoms with Crippen molar-refractivity contribution in [1.29, 1.82) is 0 Å². The van der Waals surface area contributed by atoms with Crippen LogP contribution in [0.15, 0.2) is 36.6 Å². The number of ether oxygens (including phenoxy) is 1. The molecular weight excluding hydrogens is 174 g/mol. The predicted octanol–water partition coefficient (Wildman–Crippen LogP) is 0.0910. The van der Waals surface area contributed by atoms with E-state index < -0.39 is 0 Å². The summed E-state index contributed by atoms with van der Waals surface area (Å²) >= 11 is 0. The van der Waals surface area contributed by atoms with Gasteiger partial charge in [0.2, 0.25) is 0 Å². The summed E-state index contributed by atoms with van der Waals surface area (Å²) in [5, 5.41) is 5.90. The van der Waals surface area contributed by atoms with Crippen molar-refractivity contribution >= 4 is 11.8 Å². The van der Waals surface area contributed by atoms with Crippen LogP contribution in [-0.4, -0.2) is 12.6 Å². The highest BCUT2D eigenvalue weighted by Crippen LogP contribution is 2.11. The van der Waals surface area contributed by atoms with Crippen molar-refractivity contribution in [2.75, 3.05) is 6.61 Å². The molecule has 0 aromatic heterocycles. The van der Waals surface area contributed by atoms with E-state index in [9.17, 15) is 0 Å². The van der Waals surface area contributed by atoms with Crippen molar-refractivity contribution in [2.24, 2.45) is 0 Å². The number of nitrogens with one attached hydrogen (secondary N) is 1. The first kappa shape index (κ1) is 7.68. The van der Waals surface area contributed by atoms with Gasteiger partial charge in [-0.3, -0.25) is 0 Å². The van der Waals surface area contributed by atoms with Crippen molar-refractivity contribution in [2.45, 2.75) is 6.04 Å². The van der Waals surface area contributed by atoms with E-state index in [1.807, 2.05) is 6.08 Å². The minimum atomic E-state index is 0.318. The third-order valence-electron chi connectivity index (χ3n) is 2.71. The van der Waals surface area contributed by atoms with Gasteiger partial charge in [-0.25, -0.2) is 0 Å². The quantitative estimate of drug-likeness (QED) is 0.618. The molecular formula is C12H11NO. The van der Waals surface area contributed by atoms with Gasteiger partial charge in [-0.15, -0.1) is 0 Å². The van der Waals surface area contributed by atoms with Gasteiger partial charge in [0.05, 0.1) is 12.3 Å². The van der Waals surface area contributed by atoms with E-state index in [2.05, 4.69) is 35.8 Å². The maximum absolute atomic E-state index is 5.32. The highest BCUT2D eigenvalue weighted by Gasteiger charge is 2.17. The Morgan fingerprint density at radius 1 is 1.29 bits per heavy atom. The van der Waals surface area contributed by atoms with Crippen LogP contribution in [0.1, 0.15) is 0 Å². The van der Waals surface area contributed by atoms with Crippen LogP contribution < -0.4 is 15.8 Å². The second-order valence-electron chi connectivity index (χ2n) is 3.54. The molecule has 0 bridgehead atoms. The largest absolute Gasteiger partial charge is 0.497 e. The summed E-state index contributed by atoms with van der Waals surface area (Å²) in [5.74, 6) is 0. The Balaban J connectivity index is 2.34. The number of benzene rings is 1. The third kappa shape index (κ3) is 1.04. The van der Waals surface area contributed by atoms with Gasteiger partial charge in [0.25, 0.3) is 0 Å². The van der Waals surface area contributed by atoms with E-state index in [1.54, 1.807) is 6.26 Å². The van der Waals surface area contributed by atoms with Crippen LogP contribution in [0.5, 0.6) is 0 Å². The fourth-order valence-electron chi connectivity index (χ4n) is 1.97. The number of fused-ring (bicyclic) bond motifs is 2. The zero-order valence-electron chi connectivity index (χ0n) is 7.73. The average Bonchev–Trinajstić information content (AvgIpc) is 2.29. The summed E-state index contributed by atoms with van der Waals surface area (Å²) in [5.41, 5.74) is 1.32.